The van der Waals surface area contributed by atoms with Crippen LogP contribution in [0.25, 0.3) is 0 Å². The summed E-state index contributed by atoms with van der Waals surface area (Å²) in [6, 6.07) is 6.38. The summed E-state index contributed by atoms with van der Waals surface area (Å²) in [6.45, 7) is 4.25. The van der Waals surface area contributed by atoms with Gasteiger partial charge in [-0.1, -0.05) is 32.3 Å². The predicted molar refractivity (Wildman–Crippen MR) is 77.6 cm³/mol. The molecule has 1 fully saturated rings. The summed E-state index contributed by atoms with van der Waals surface area (Å²) in [6.07, 6.45) is 6.76. The summed E-state index contributed by atoms with van der Waals surface area (Å²) in [5.41, 5.74) is 1.21. The molecule has 1 aliphatic rings. The zero-order valence-corrected chi connectivity index (χ0v) is 12.1. The molecule has 0 radical (unpaired) electrons. The maximum absolute atomic E-state index is 9.64. The summed E-state index contributed by atoms with van der Waals surface area (Å²) >= 11 is 0. The average Bonchev–Trinajstić information content (AvgIpc) is 2.47. The van der Waals surface area contributed by atoms with E-state index in [2.05, 4.69) is 11.8 Å². The largest absolute Gasteiger partial charge is 0.504 e. The lowest BCUT2D eigenvalue weighted by Gasteiger charge is -2.33. The van der Waals surface area contributed by atoms with Gasteiger partial charge in [0, 0.05) is 12.6 Å². The monoisotopic (exact) mass is 263 g/mol. The van der Waals surface area contributed by atoms with Crippen LogP contribution in [-0.2, 0) is 6.54 Å². The molecule has 0 atom stereocenters. The van der Waals surface area contributed by atoms with Crippen LogP contribution in [0.5, 0.6) is 11.5 Å². The molecule has 2 rings (SSSR count). The molecule has 3 nitrogen and oxygen atoms in total. The topological polar surface area (TPSA) is 32.7 Å². The number of rotatable bonds is 5. The van der Waals surface area contributed by atoms with Gasteiger partial charge < -0.3 is 9.84 Å². The third-order valence-electron chi connectivity index (χ3n) is 4.13. The van der Waals surface area contributed by atoms with Crippen molar-refractivity contribution in [3.05, 3.63) is 23.8 Å². The fraction of sp³-hybridized carbons (Fsp3) is 0.625. The second-order valence-corrected chi connectivity index (χ2v) is 5.36. The van der Waals surface area contributed by atoms with Crippen LogP contribution in [0, 0.1) is 0 Å². The number of aromatic hydroxyl groups is 1. The molecule has 1 aliphatic carbocycles. The molecule has 0 bridgehead atoms. The van der Waals surface area contributed by atoms with Gasteiger partial charge in [0.25, 0.3) is 0 Å². The Morgan fingerprint density at radius 3 is 2.63 bits per heavy atom. The molecular weight excluding hydrogens is 238 g/mol. The average molecular weight is 263 g/mol. The van der Waals surface area contributed by atoms with Gasteiger partial charge in [-0.15, -0.1) is 0 Å². The van der Waals surface area contributed by atoms with Crippen molar-refractivity contribution in [2.45, 2.75) is 51.6 Å². The van der Waals surface area contributed by atoms with E-state index in [1.54, 1.807) is 13.2 Å². The molecule has 0 aromatic heterocycles. The minimum absolute atomic E-state index is 0.215. The summed E-state index contributed by atoms with van der Waals surface area (Å²) in [4.78, 5) is 2.55. The molecule has 1 N–H and O–H groups in total. The molecule has 0 heterocycles. The number of hydrogen-bond acceptors (Lipinski definition) is 3. The summed E-state index contributed by atoms with van der Waals surface area (Å²) in [5, 5.41) is 9.64. The fourth-order valence-corrected chi connectivity index (χ4v) is 3.00. The van der Waals surface area contributed by atoms with E-state index in [-0.39, 0.29) is 5.75 Å². The SMILES string of the molecule is CCN(Cc1ccc(O)c(OC)c1)C1CCCCC1. The van der Waals surface area contributed by atoms with Crippen LogP contribution in [-0.4, -0.2) is 29.7 Å². The normalized spacial score (nSPS) is 16.8. The van der Waals surface area contributed by atoms with Gasteiger partial charge in [0.2, 0.25) is 0 Å². The van der Waals surface area contributed by atoms with Crippen LogP contribution >= 0.6 is 0 Å². The van der Waals surface area contributed by atoms with E-state index in [1.165, 1.54) is 37.7 Å². The zero-order valence-electron chi connectivity index (χ0n) is 12.1. The van der Waals surface area contributed by atoms with Crippen LogP contribution in [0.1, 0.15) is 44.6 Å². The molecule has 106 valence electrons. The Bertz CT molecular complexity index is 400. The first-order valence-corrected chi connectivity index (χ1v) is 7.34. The van der Waals surface area contributed by atoms with Crippen molar-refractivity contribution in [3.8, 4) is 11.5 Å². The Hall–Kier alpha value is -1.22. The lowest BCUT2D eigenvalue weighted by atomic mass is 9.94. The first kappa shape index (κ1) is 14.2. The lowest BCUT2D eigenvalue weighted by molar-refractivity contribution is 0.156. The molecule has 1 saturated carbocycles. The van der Waals surface area contributed by atoms with E-state index >= 15 is 0 Å². The smallest absolute Gasteiger partial charge is 0.160 e. The van der Waals surface area contributed by atoms with E-state index < -0.39 is 0 Å². The molecule has 0 amide bonds. The van der Waals surface area contributed by atoms with Gasteiger partial charge in [-0.2, -0.15) is 0 Å². The highest BCUT2D eigenvalue weighted by molar-refractivity contribution is 5.41. The van der Waals surface area contributed by atoms with Crippen molar-refractivity contribution in [2.75, 3.05) is 13.7 Å². The Morgan fingerprint density at radius 2 is 2.00 bits per heavy atom. The zero-order chi connectivity index (χ0) is 13.7. The minimum Gasteiger partial charge on any atom is -0.504 e. The second kappa shape index (κ2) is 6.80. The van der Waals surface area contributed by atoms with E-state index in [4.69, 9.17) is 4.74 Å². The maximum Gasteiger partial charge on any atom is 0.160 e. The second-order valence-electron chi connectivity index (χ2n) is 5.36. The lowest BCUT2D eigenvalue weighted by Crippen LogP contribution is -2.36. The van der Waals surface area contributed by atoms with Gasteiger partial charge in [0.1, 0.15) is 0 Å². The van der Waals surface area contributed by atoms with Crippen molar-refractivity contribution in [1.29, 1.82) is 0 Å². The van der Waals surface area contributed by atoms with Gasteiger partial charge in [-0.05, 0) is 37.1 Å². The van der Waals surface area contributed by atoms with Crippen LogP contribution in [0.15, 0.2) is 18.2 Å². The number of hydrogen-bond donors (Lipinski definition) is 1. The molecule has 1 aromatic rings. The van der Waals surface area contributed by atoms with Crippen LogP contribution < -0.4 is 4.74 Å². The summed E-state index contributed by atoms with van der Waals surface area (Å²) in [5.74, 6) is 0.782. The van der Waals surface area contributed by atoms with E-state index in [1.807, 2.05) is 12.1 Å². The Morgan fingerprint density at radius 1 is 1.26 bits per heavy atom. The van der Waals surface area contributed by atoms with Crippen molar-refractivity contribution < 1.29 is 9.84 Å². The first-order chi connectivity index (χ1) is 9.24. The quantitative estimate of drug-likeness (QED) is 0.881. The maximum atomic E-state index is 9.64. The number of phenols is 1. The van der Waals surface area contributed by atoms with Gasteiger partial charge >= 0.3 is 0 Å². The van der Waals surface area contributed by atoms with Crippen LogP contribution in [0.2, 0.25) is 0 Å². The molecule has 0 aliphatic heterocycles. The van der Waals surface area contributed by atoms with E-state index in [0.29, 0.717) is 5.75 Å². The first-order valence-electron chi connectivity index (χ1n) is 7.34. The highest BCUT2D eigenvalue weighted by Crippen LogP contribution is 2.28. The van der Waals surface area contributed by atoms with Gasteiger partial charge in [0.05, 0.1) is 7.11 Å². The Balaban J connectivity index is 2.04. The third-order valence-corrected chi connectivity index (χ3v) is 4.13. The van der Waals surface area contributed by atoms with Gasteiger partial charge in [-0.3, -0.25) is 4.90 Å². The minimum atomic E-state index is 0.215. The highest BCUT2D eigenvalue weighted by Gasteiger charge is 2.20. The molecule has 3 heteroatoms. The molecule has 1 aromatic carbocycles. The third kappa shape index (κ3) is 3.63. The summed E-state index contributed by atoms with van der Waals surface area (Å²) < 4.78 is 5.18. The number of benzene rings is 1. The number of ether oxygens (including phenoxy) is 1. The standard InChI is InChI=1S/C16H25NO2/c1-3-17(14-7-5-4-6-8-14)12-13-9-10-15(18)16(11-13)19-2/h9-11,14,18H,3-8,12H2,1-2H3. The van der Waals surface area contributed by atoms with Gasteiger partial charge in [-0.25, -0.2) is 0 Å². The van der Waals surface area contributed by atoms with E-state index in [0.717, 1.165) is 19.1 Å². The number of nitrogens with zero attached hydrogens (tertiary/aromatic N) is 1. The van der Waals surface area contributed by atoms with Crippen molar-refractivity contribution in [3.63, 3.8) is 0 Å². The summed E-state index contributed by atoms with van der Waals surface area (Å²) in [7, 11) is 1.59. The molecule has 0 unspecified atom stereocenters. The molecule has 0 spiro atoms. The Kier molecular flexibility index (Phi) is 5.08. The van der Waals surface area contributed by atoms with Gasteiger partial charge in [0.15, 0.2) is 11.5 Å². The molecule has 19 heavy (non-hydrogen) atoms. The molecule has 0 saturated heterocycles. The molecular formula is C16H25NO2. The van der Waals surface area contributed by atoms with Crippen molar-refractivity contribution in [2.24, 2.45) is 0 Å². The van der Waals surface area contributed by atoms with Crippen molar-refractivity contribution in [1.82, 2.24) is 4.90 Å². The van der Waals surface area contributed by atoms with Crippen LogP contribution in [0.3, 0.4) is 0 Å². The number of phenolic OH excluding ortho intramolecular Hbond substituents is 1. The van der Waals surface area contributed by atoms with Crippen LogP contribution in [0.4, 0.5) is 0 Å². The Labute approximate surface area is 116 Å². The number of methoxy groups -OCH3 is 1. The fourth-order valence-electron chi connectivity index (χ4n) is 3.00. The predicted octanol–water partition coefficient (Wildman–Crippen LogP) is 3.56. The van der Waals surface area contributed by atoms with Crippen molar-refractivity contribution >= 4 is 0 Å². The van der Waals surface area contributed by atoms with E-state index in [9.17, 15) is 5.11 Å². The highest BCUT2D eigenvalue weighted by atomic mass is 16.5.